The summed E-state index contributed by atoms with van der Waals surface area (Å²) in [6, 6.07) is 6.27. The molecule has 2 aromatic rings. The number of carbonyl (C=O) groups is 3. The summed E-state index contributed by atoms with van der Waals surface area (Å²) in [5.41, 5.74) is 10.3. The lowest BCUT2D eigenvalue weighted by atomic mass is 9.84. The van der Waals surface area contributed by atoms with Crippen LogP contribution in [0.2, 0.25) is 0 Å². The van der Waals surface area contributed by atoms with Crippen LogP contribution in [0.3, 0.4) is 0 Å². The average Bonchev–Trinajstić information content (AvgIpc) is 3.82. The standard InChI is InChI=1S/C43H57N5O5/c1-10-13-14-15-18-48-42(50)38-26(7)33-21-34-28(12-3)23(4)30(44-34)22-35-37(27(8)52-9)25(6)32(45-35)20-31-24(5)29(16-17-36(49)53-19-11-2)40(46-31)39(43(48)51)41(38)47-33/h20-24,27-29,46-47H,10-19H2,1-9H3/t23-,24+,27?,28-,29+/m1/s1. The minimum absolute atomic E-state index is 0.0887. The lowest BCUT2D eigenvalue weighted by Crippen LogP contribution is -2.41. The minimum atomic E-state index is -0.313. The van der Waals surface area contributed by atoms with Gasteiger partial charge in [0.1, 0.15) is 0 Å². The van der Waals surface area contributed by atoms with Crippen molar-refractivity contribution in [1.82, 2.24) is 24.8 Å². The summed E-state index contributed by atoms with van der Waals surface area (Å²) in [7, 11) is 1.72. The molecule has 4 aliphatic heterocycles. The molecule has 6 rings (SSSR count). The molecule has 1 unspecified atom stereocenters. The Morgan fingerprint density at radius 3 is 2.34 bits per heavy atom. The first-order valence-corrected chi connectivity index (χ1v) is 19.8. The van der Waals surface area contributed by atoms with Crippen LogP contribution in [0.25, 0.3) is 22.2 Å². The Labute approximate surface area is 313 Å². The van der Waals surface area contributed by atoms with Gasteiger partial charge in [-0.05, 0) is 75.8 Å². The van der Waals surface area contributed by atoms with Gasteiger partial charge in [-0.25, -0.2) is 4.98 Å². The third-order valence-corrected chi connectivity index (χ3v) is 11.9. The van der Waals surface area contributed by atoms with Crippen molar-refractivity contribution in [3.05, 3.63) is 69.1 Å². The maximum absolute atomic E-state index is 14.8. The highest BCUT2D eigenvalue weighted by atomic mass is 16.5. The predicted octanol–water partition coefficient (Wildman–Crippen LogP) is 9.41. The van der Waals surface area contributed by atoms with Gasteiger partial charge in [0.15, 0.2) is 0 Å². The number of methoxy groups -OCH3 is 1. The molecule has 284 valence electrons. The monoisotopic (exact) mass is 723 g/mol. The molecule has 0 spiro atoms. The largest absolute Gasteiger partial charge is 0.466 e. The Kier molecular flexibility index (Phi) is 11.6. The van der Waals surface area contributed by atoms with Crippen molar-refractivity contribution >= 4 is 40.0 Å². The van der Waals surface area contributed by atoms with Crippen LogP contribution in [0.15, 0.2) is 18.2 Å². The van der Waals surface area contributed by atoms with E-state index in [-0.39, 0.29) is 54.0 Å². The maximum atomic E-state index is 14.8. The van der Waals surface area contributed by atoms with E-state index in [0.29, 0.717) is 36.2 Å². The van der Waals surface area contributed by atoms with Crippen molar-refractivity contribution in [2.45, 2.75) is 137 Å². The molecular formula is C43H57N5O5. The second-order valence-electron chi connectivity index (χ2n) is 15.3. The first-order chi connectivity index (χ1) is 25.4. The summed E-state index contributed by atoms with van der Waals surface area (Å²) < 4.78 is 11.4. The van der Waals surface area contributed by atoms with Gasteiger partial charge in [0, 0.05) is 77.6 Å². The normalized spacial score (nSPS) is 21.0. The van der Waals surface area contributed by atoms with Crippen LogP contribution in [-0.2, 0) is 14.3 Å². The van der Waals surface area contributed by atoms with Gasteiger partial charge in [0.25, 0.3) is 11.8 Å². The van der Waals surface area contributed by atoms with E-state index in [4.69, 9.17) is 19.4 Å². The fraction of sp³-hybridized carbons (Fsp3) is 0.558. The number of aryl methyl sites for hydroxylation is 1. The number of rotatable bonds is 13. The minimum Gasteiger partial charge on any atom is -0.466 e. The zero-order valence-electron chi connectivity index (χ0n) is 33.1. The molecular weight excluding hydrogens is 667 g/mol. The quantitative estimate of drug-likeness (QED) is 0.120. The van der Waals surface area contributed by atoms with E-state index in [1.54, 1.807) is 7.11 Å². The number of fused-ring (bicyclic) bond motifs is 8. The third-order valence-electron chi connectivity index (χ3n) is 11.9. The lowest BCUT2D eigenvalue weighted by molar-refractivity contribution is -0.143. The average molecular weight is 724 g/mol. The van der Waals surface area contributed by atoms with Gasteiger partial charge in [-0.3, -0.25) is 24.3 Å². The Morgan fingerprint density at radius 2 is 1.64 bits per heavy atom. The molecule has 0 radical (unpaired) electrons. The van der Waals surface area contributed by atoms with Crippen molar-refractivity contribution in [3.63, 3.8) is 0 Å². The first-order valence-electron chi connectivity index (χ1n) is 19.8. The van der Waals surface area contributed by atoms with E-state index in [1.807, 2.05) is 20.8 Å². The smallest absolute Gasteiger partial charge is 0.305 e. The zero-order valence-corrected chi connectivity index (χ0v) is 33.1. The Morgan fingerprint density at radius 1 is 0.887 bits per heavy atom. The molecule has 2 aromatic heterocycles. The van der Waals surface area contributed by atoms with Crippen molar-refractivity contribution < 1.29 is 23.9 Å². The molecule has 8 bridgehead atoms. The number of nitrogens with one attached hydrogen (secondary N) is 2. The summed E-state index contributed by atoms with van der Waals surface area (Å²) in [6.45, 7) is 17.5. The predicted molar refractivity (Wildman–Crippen MR) is 209 cm³/mol. The van der Waals surface area contributed by atoms with Crippen LogP contribution >= 0.6 is 0 Å². The second-order valence-corrected chi connectivity index (χ2v) is 15.3. The molecule has 0 aliphatic carbocycles. The molecule has 0 saturated carbocycles. The number of H-pyrrole nitrogens is 2. The number of carbonyl (C=O) groups excluding carboxylic acids is 3. The number of nitrogens with zero attached hydrogens (tertiary/aromatic N) is 3. The van der Waals surface area contributed by atoms with Crippen LogP contribution < -0.4 is 0 Å². The van der Waals surface area contributed by atoms with Crippen LogP contribution in [0, 0.1) is 6.92 Å². The number of esters is 1. The highest BCUT2D eigenvalue weighted by molar-refractivity contribution is 6.23. The maximum Gasteiger partial charge on any atom is 0.305 e. The number of hydrogen-bond donors (Lipinski definition) is 2. The summed E-state index contributed by atoms with van der Waals surface area (Å²) in [5.74, 6) is -0.825. The van der Waals surface area contributed by atoms with E-state index in [1.165, 1.54) is 4.90 Å². The van der Waals surface area contributed by atoms with E-state index >= 15 is 0 Å². The Bertz CT molecular complexity index is 2000. The van der Waals surface area contributed by atoms with Gasteiger partial charge in [0.05, 0.1) is 40.7 Å². The SMILES string of the molecule is CCCCCCN1C(=O)c2c3[nH]c(cc4nc(cc5nc(cc6[nH]c2c(c6C)C1=O)[C@H](CC)[C@H]5C)C(C(C)OC)=C4C)[C@@H](C)[C@@H]3CCC(=O)OCCC. The Hall–Kier alpha value is -4.31. The zero-order chi connectivity index (χ0) is 38.1. The second kappa shape index (κ2) is 16.0. The van der Waals surface area contributed by atoms with Crippen molar-refractivity contribution in [2.75, 3.05) is 20.3 Å². The van der Waals surface area contributed by atoms with Gasteiger partial charge in [-0.15, -0.1) is 0 Å². The van der Waals surface area contributed by atoms with E-state index in [2.05, 4.69) is 62.8 Å². The van der Waals surface area contributed by atoms with Crippen LogP contribution in [0.5, 0.6) is 0 Å². The molecule has 53 heavy (non-hydrogen) atoms. The van der Waals surface area contributed by atoms with Crippen LogP contribution in [0.4, 0.5) is 0 Å². The molecule has 0 fully saturated rings. The molecule has 0 aromatic carbocycles. The number of ether oxygens (including phenoxy) is 2. The van der Waals surface area contributed by atoms with Gasteiger partial charge in [0.2, 0.25) is 0 Å². The molecule has 4 aliphatic rings. The van der Waals surface area contributed by atoms with Gasteiger partial charge in [-0.1, -0.05) is 53.9 Å². The summed E-state index contributed by atoms with van der Waals surface area (Å²) >= 11 is 0. The number of hydrogen-bond acceptors (Lipinski definition) is 7. The molecule has 5 atom stereocenters. The summed E-state index contributed by atoms with van der Waals surface area (Å²) in [4.78, 5) is 61.1. The van der Waals surface area contributed by atoms with Gasteiger partial charge < -0.3 is 19.4 Å². The van der Waals surface area contributed by atoms with Crippen molar-refractivity contribution in [2.24, 2.45) is 0 Å². The van der Waals surface area contributed by atoms with Crippen LogP contribution in [-0.4, -0.2) is 69.0 Å². The molecule has 0 saturated heterocycles. The highest BCUT2D eigenvalue weighted by Crippen LogP contribution is 2.45. The number of allylic oxidation sites excluding steroid dienone is 1. The molecule has 6 heterocycles. The molecule has 2 N–H and O–H groups in total. The third kappa shape index (κ3) is 7.07. The fourth-order valence-corrected chi connectivity index (χ4v) is 8.61. The van der Waals surface area contributed by atoms with E-state index < -0.39 is 0 Å². The van der Waals surface area contributed by atoms with E-state index in [9.17, 15) is 14.4 Å². The summed E-state index contributed by atoms with van der Waals surface area (Å²) in [6.07, 6.45) is 5.90. The van der Waals surface area contributed by atoms with Crippen molar-refractivity contribution in [1.29, 1.82) is 0 Å². The van der Waals surface area contributed by atoms with Gasteiger partial charge in [-0.2, -0.15) is 0 Å². The number of aromatic amines is 2. The van der Waals surface area contributed by atoms with Gasteiger partial charge >= 0.3 is 5.97 Å². The summed E-state index contributed by atoms with van der Waals surface area (Å²) in [5, 5.41) is 0. The molecule has 2 amide bonds. The Balaban J connectivity index is 1.69. The van der Waals surface area contributed by atoms with Crippen molar-refractivity contribution in [3.8, 4) is 0 Å². The number of imide groups is 1. The number of aromatic nitrogens is 4. The molecule has 10 heteroatoms. The first kappa shape index (κ1) is 38.4. The van der Waals surface area contributed by atoms with E-state index in [0.717, 1.165) is 94.9 Å². The topological polar surface area (TPSA) is 130 Å². The number of unbranched alkanes of at least 4 members (excludes halogenated alkanes) is 3. The number of amides is 2. The molecule has 10 nitrogen and oxygen atoms in total. The fourth-order valence-electron chi connectivity index (χ4n) is 8.61. The van der Waals surface area contributed by atoms with Crippen LogP contribution in [0.1, 0.15) is 184 Å². The lowest BCUT2D eigenvalue weighted by Gasteiger charge is -2.27. The highest BCUT2D eigenvalue weighted by Gasteiger charge is 2.40.